The van der Waals surface area contributed by atoms with Gasteiger partial charge in [0.2, 0.25) is 0 Å². The fraction of sp³-hybridized carbons (Fsp3) is 0.600. The highest BCUT2D eigenvalue weighted by atomic mass is 16.5. The van der Waals surface area contributed by atoms with Crippen LogP contribution in [-0.4, -0.2) is 20.2 Å². The quantitative estimate of drug-likeness (QED) is 0.729. The third-order valence-electron chi connectivity index (χ3n) is 2.42. The van der Waals surface area contributed by atoms with E-state index in [-0.39, 0.29) is 0 Å². The average Bonchev–Trinajstić information content (AvgIpc) is 2.41. The summed E-state index contributed by atoms with van der Waals surface area (Å²) in [6.45, 7) is 10.7. The highest BCUT2D eigenvalue weighted by Gasteiger charge is 2.03. The molecule has 0 unspecified atom stereocenters. The molecule has 0 amide bonds. The first-order valence-electron chi connectivity index (χ1n) is 6.70. The topological polar surface area (TPSA) is 12.5 Å². The molecule has 0 saturated carbocycles. The molecule has 0 atom stereocenters. The van der Waals surface area contributed by atoms with E-state index in [0.717, 1.165) is 18.8 Å². The van der Waals surface area contributed by atoms with E-state index in [0.29, 0.717) is 0 Å². The summed E-state index contributed by atoms with van der Waals surface area (Å²) in [5, 5.41) is 0. The van der Waals surface area contributed by atoms with Gasteiger partial charge in [-0.3, -0.25) is 0 Å². The van der Waals surface area contributed by atoms with Gasteiger partial charge in [0.25, 0.3) is 0 Å². The monoisotopic (exact) mass is 237 g/mol. The van der Waals surface area contributed by atoms with Gasteiger partial charge in [0, 0.05) is 18.8 Å². The van der Waals surface area contributed by atoms with Crippen LogP contribution >= 0.6 is 0 Å². The molecule has 1 aromatic rings. The first kappa shape index (κ1) is 15.8. The molecule has 0 aromatic heterocycles. The van der Waals surface area contributed by atoms with E-state index in [1.54, 1.807) is 7.11 Å². The van der Waals surface area contributed by atoms with Gasteiger partial charge in [-0.25, -0.2) is 0 Å². The minimum absolute atomic E-state index is 0.923. The summed E-state index contributed by atoms with van der Waals surface area (Å²) >= 11 is 0. The maximum Gasteiger partial charge on any atom is 0.119 e. The largest absolute Gasteiger partial charge is 0.497 e. The number of methoxy groups -OCH3 is 1. The van der Waals surface area contributed by atoms with Crippen molar-refractivity contribution in [3.63, 3.8) is 0 Å². The number of hydrogen-bond acceptors (Lipinski definition) is 2. The van der Waals surface area contributed by atoms with Crippen molar-refractivity contribution in [1.29, 1.82) is 0 Å². The molecule has 0 bridgehead atoms. The van der Waals surface area contributed by atoms with Crippen LogP contribution in [0.1, 0.15) is 40.5 Å². The van der Waals surface area contributed by atoms with Crippen molar-refractivity contribution in [2.24, 2.45) is 0 Å². The Morgan fingerprint density at radius 1 is 0.941 bits per heavy atom. The van der Waals surface area contributed by atoms with Crippen LogP contribution in [0.25, 0.3) is 0 Å². The van der Waals surface area contributed by atoms with Gasteiger partial charge < -0.3 is 9.64 Å². The molecule has 0 aliphatic carbocycles. The van der Waals surface area contributed by atoms with Crippen molar-refractivity contribution in [2.75, 3.05) is 25.1 Å². The van der Waals surface area contributed by atoms with E-state index in [1.165, 1.54) is 18.5 Å². The van der Waals surface area contributed by atoms with Crippen molar-refractivity contribution < 1.29 is 4.74 Å². The second-order valence-corrected chi connectivity index (χ2v) is 3.69. The third kappa shape index (κ3) is 5.62. The van der Waals surface area contributed by atoms with Gasteiger partial charge in [-0.2, -0.15) is 0 Å². The Balaban J connectivity index is 0.00000121. The van der Waals surface area contributed by atoms with Gasteiger partial charge in [-0.1, -0.05) is 27.7 Å². The van der Waals surface area contributed by atoms with Crippen LogP contribution in [0, 0.1) is 0 Å². The second kappa shape index (κ2) is 10.0. The van der Waals surface area contributed by atoms with E-state index < -0.39 is 0 Å². The van der Waals surface area contributed by atoms with Crippen LogP contribution in [0.15, 0.2) is 24.3 Å². The van der Waals surface area contributed by atoms with Crippen LogP contribution in [0.4, 0.5) is 5.69 Å². The van der Waals surface area contributed by atoms with Crippen molar-refractivity contribution >= 4 is 5.69 Å². The summed E-state index contributed by atoms with van der Waals surface area (Å²) in [7, 11) is 1.70. The Hall–Kier alpha value is -1.18. The van der Waals surface area contributed by atoms with Crippen molar-refractivity contribution in [3.05, 3.63) is 24.3 Å². The number of hydrogen-bond donors (Lipinski definition) is 0. The van der Waals surface area contributed by atoms with E-state index >= 15 is 0 Å². The van der Waals surface area contributed by atoms with Crippen LogP contribution in [-0.2, 0) is 0 Å². The lowest BCUT2D eigenvalue weighted by molar-refractivity contribution is 0.415. The first-order valence-corrected chi connectivity index (χ1v) is 6.70. The first-order chi connectivity index (χ1) is 8.31. The summed E-state index contributed by atoms with van der Waals surface area (Å²) in [5.74, 6) is 0.923. The Morgan fingerprint density at radius 2 is 1.41 bits per heavy atom. The smallest absolute Gasteiger partial charge is 0.119 e. The summed E-state index contributed by atoms with van der Waals surface area (Å²) < 4.78 is 5.15. The van der Waals surface area contributed by atoms with Crippen molar-refractivity contribution in [3.8, 4) is 5.75 Å². The van der Waals surface area contributed by atoms with E-state index in [1.807, 2.05) is 26.0 Å². The maximum atomic E-state index is 5.15. The Morgan fingerprint density at radius 3 is 1.76 bits per heavy atom. The summed E-state index contributed by atoms with van der Waals surface area (Å²) in [6, 6.07) is 8.30. The molecule has 0 aliphatic heterocycles. The zero-order valence-corrected chi connectivity index (χ0v) is 12.0. The van der Waals surface area contributed by atoms with Gasteiger partial charge in [0.15, 0.2) is 0 Å². The molecule has 0 radical (unpaired) electrons. The summed E-state index contributed by atoms with van der Waals surface area (Å²) in [4.78, 5) is 2.42. The lowest BCUT2D eigenvalue weighted by Crippen LogP contribution is -2.24. The van der Waals surface area contributed by atoms with E-state index in [9.17, 15) is 0 Å². The van der Waals surface area contributed by atoms with Crippen LogP contribution < -0.4 is 9.64 Å². The van der Waals surface area contributed by atoms with E-state index in [2.05, 4.69) is 30.9 Å². The molecular weight excluding hydrogens is 210 g/mol. The Kier molecular flexibility index (Phi) is 9.31. The van der Waals surface area contributed by atoms with Crippen molar-refractivity contribution in [2.45, 2.75) is 40.5 Å². The number of anilines is 1. The molecule has 0 N–H and O–H groups in total. The molecule has 17 heavy (non-hydrogen) atoms. The molecule has 98 valence electrons. The van der Waals surface area contributed by atoms with Gasteiger partial charge in [-0.05, 0) is 37.1 Å². The molecular formula is C15H27NO. The lowest BCUT2D eigenvalue weighted by atomic mass is 10.2. The number of benzene rings is 1. The van der Waals surface area contributed by atoms with Crippen LogP contribution in [0.3, 0.4) is 0 Å². The van der Waals surface area contributed by atoms with E-state index in [4.69, 9.17) is 4.74 Å². The predicted octanol–water partition coefficient (Wildman–Crippen LogP) is 4.35. The second-order valence-electron chi connectivity index (χ2n) is 3.69. The van der Waals surface area contributed by atoms with Crippen LogP contribution in [0.5, 0.6) is 5.75 Å². The van der Waals surface area contributed by atoms with Gasteiger partial charge in [0.1, 0.15) is 5.75 Å². The zero-order chi connectivity index (χ0) is 13.1. The molecule has 1 rings (SSSR count). The molecule has 0 heterocycles. The fourth-order valence-electron chi connectivity index (χ4n) is 1.70. The van der Waals surface area contributed by atoms with Gasteiger partial charge in [0.05, 0.1) is 7.11 Å². The summed E-state index contributed by atoms with van der Waals surface area (Å²) in [5.41, 5.74) is 1.29. The SMILES string of the molecule is CC.CCCN(CCC)c1ccc(OC)cc1. The van der Waals surface area contributed by atoms with Gasteiger partial charge in [-0.15, -0.1) is 0 Å². The third-order valence-corrected chi connectivity index (χ3v) is 2.42. The zero-order valence-electron chi connectivity index (χ0n) is 12.0. The molecule has 1 aromatic carbocycles. The molecule has 0 saturated heterocycles. The molecule has 2 nitrogen and oxygen atoms in total. The molecule has 0 spiro atoms. The normalized spacial score (nSPS) is 9.24. The lowest BCUT2D eigenvalue weighted by Gasteiger charge is -2.23. The standard InChI is InChI=1S/C13H21NO.C2H6/c1-4-10-14(11-5-2)12-6-8-13(15-3)9-7-12;1-2/h6-9H,4-5,10-11H2,1-3H3;1-2H3. The van der Waals surface area contributed by atoms with Crippen molar-refractivity contribution in [1.82, 2.24) is 0 Å². The maximum absolute atomic E-state index is 5.15. The fourth-order valence-corrected chi connectivity index (χ4v) is 1.70. The minimum atomic E-state index is 0.923. The highest BCUT2D eigenvalue weighted by Crippen LogP contribution is 2.19. The van der Waals surface area contributed by atoms with Crippen LogP contribution in [0.2, 0.25) is 0 Å². The Bertz CT molecular complexity index is 263. The molecule has 2 heteroatoms. The number of rotatable bonds is 6. The highest BCUT2D eigenvalue weighted by molar-refractivity contribution is 5.48. The predicted molar refractivity (Wildman–Crippen MR) is 77.1 cm³/mol. The number of ether oxygens (including phenoxy) is 1. The summed E-state index contributed by atoms with van der Waals surface area (Å²) in [6.07, 6.45) is 2.37. The molecule has 0 fully saturated rings. The number of nitrogens with zero attached hydrogens (tertiary/aromatic N) is 1. The van der Waals surface area contributed by atoms with Gasteiger partial charge >= 0.3 is 0 Å². The average molecular weight is 237 g/mol. The molecule has 0 aliphatic rings. The minimum Gasteiger partial charge on any atom is -0.497 e. The Labute approximate surface area is 107 Å².